The first kappa shape index (κ1) is 6.85. The Hall–Kier alpha value is -0.260. The Bertz CT molecular complexity index is 94.2. The zero-order chi connectivity index (χ0) is 6.69. The van der Waals surface area contributed by atoms with E-state index < -0.39 is 0 Å². The van der Waals surface area contributed by atoms with Crippen molar-refractivity contribution >= 4 is 0 Å². The lowest BCUT2D eigenvalue weighted by molar-refractivity contribution is 0.445. The second-order valence-electron chi connectivity index (χ2n) is 3.00. The lowest BCUT2D eigenvalue weighted by Gasteiger charge is -2.11. The van der Waals surface area contributed by atoms with Crippen molar-refractivity contribution in [2.24, 2.45) is 11.8 Å². The first-order valence-electron chi connectivity index (χ1n) is 4.01. The monoisotopic (exact) mass is 124 g/mol. The molecule has 0 radical (unpaired) electrons. The number of rotatable bonds is 2. The molecule has 0 aliphatic heterocycles. The molecule has 0 heterocycles. The number of hydrogen-bond acceptors (Lipinski definition) is 0. The van der Waals surface area contributed by atoms with Gasteiger partial charge in [0.25, 0.3) is 0 Å². The maximum Gasteiger partial charge on any atom is -0.0208 e. The highest BCUT2D eigenvalue weighted by Gasteiger charge is 2.22. The smallest absolute Gasteiger partial charge is 0.0208 e. The van der Waals surface area contributed by atoms with Crippen LogP contribution in [-0.4, -0.2) is 0 Å². The summed E-state index contributed by atoms with van der Waals surface area (Å²) in [6.07, 6.45) is 7.74. The second-order valence-corrected chi connectivity index (χ2v) is 3.00. The van der Waals surface area contributed by atoms with Crippen LogP contribution in [0.15, 0.2) is 12.7 Å². The molecule has 1 fully saturated rings. The van der Waals surface area contributed by atoms with Crippen molar-refractivity contribution in [2.45, 2.75) is 32.6 Å². The summed E-state index contributed by atoms with van der Waals surface area (Å²) < 4.78 is 0. The summed E-state index contributed by atoms with van der Waals surface area (Å²) in [4.78, 5) is 0. The fourth-order valence-electron chi connectivity index (χ4n) is 1.88. The van der Waals surface area contributed by atoms with Crippen molar-refractivity contribution in [3.8, 4) is 0 Å². The van der Waals surface area contributed by atoms with Crippen molar-refractivity contribution in [1.29, 1.82) is 0 Å². The van der Waals surface area contributed by atoms with Crippen LogP contribution < -0.4 is 0 Å². The van der Waals surface area contributed by atoms with Crippen molar-refractivity contribution in [2.75, 3.05) is 0 Å². The minimum absolute atomic E-state index is 0.843. The van der Waals surface area contributed by atoms with Gasteiger partial charge in [0, 0.05) is 0 Å². The van der Waals surface area contributed by atoms with Gasteiger partial charge in [-0.3, -0.25) is 0 Å². The van der Waals surface area contributed by atoms with E-state index in [2.05, 4.69) is 19.6 Å². The summed E-state index contributed by atoms with van der Waals surface area (Å²) in [7, 11) is 0. The molecule has 0 aromatic heterocycles. The van der Waals surface area contributed by atoms with E-state index in [4.69, 9.17) is 0 Å². The van der Waals surface area contributed by atoms with Crippen LogP contribution in [0.25, 0.3) is 0 Å². The Morgan fingerprint density at radius 2 is 2.33 bits per heavy atom. The highest BCUT2D eigenvalue weighted by Crippen LogP contribution is 2.34. The van der Waals surface area contributed by atoms with E-state index in [0.717, 1.165) is 11.8 Å². The predicted octanol–water partition coefficient (Wildman–Crippen LogP) is 3.00. The summed E-state index contributed by atoms with van der Waals surface area (Å²) in [6, 6.07) is 0. The minimum Gasteiger partial charge on any atom is -0.103 e. The largest absolute Gasteiger partial charge is 0.103 e. The van der Waals surface area contributed by atoms with Crippen LogP contribution in [0.4, 0.5) is 0 Å². The van der Waals surface area contributed by atoms with Gasteiger partial charge in [0.15, 0.2) is 0 Å². The van der Waals surface area contributed by atoms with Crippen molar-refractivity contribution in [3.05, 3.63) is 12.7 Å². The first-order valence-corrected chi connectivity index (χ1v) is 4.01. The van der Waals surface area contributed by atoms with Crippen LogP contribution in [0.3, 0.4) is 0 Å². The zero-order valence-corrected chi connectivity index (χ0v) is 6.27. The van der Waals surface area contributed by atoms with E-state index >= 15 is 0 Å². The van der Waals surface area contributed by atoms with E-state index in [0.29, 0.717) is 0 Å². The third kappa shape index (κ3) is 1.35. The topological polar surface area (TPSA) is 0 Å². The molecule has 0 spiro atoms. The molecule has 9 heavy (non-hydrogen) atoms. The Labute approximate surface area is 58.0 Å². The van der Waals surface area contributed by atoms with E-state index in [9.17, 15) is 0 Å². The third-order valence-electron chi connectivity index (χ3n) is 2.54. The van der Waals surface area contributed by atoms with E-state index in [1.165, 1.54) is 25.7 Å². The molecule has 0 aromatic carbocycles. The van der Waals surface area contributed by atoms with Crippen LogP contribution in [0, 0.1) is 11.8 Å². The predicted molar refractivity (Wildman–Crippen MR) is 41.3 cm³/mol. The lowest BCUT2D eigenvalue weighted by Crippen LogP contribution is -2.01. The van der Waals surface area contributed by atoms with Crippen LogP contribution in [0.5, 0.6) is 0 Å². The van der Waals surface area contributed by atoms with Gasteiger partial charge in [0.2, 0.25) is 0 Å². The van der Waals surface area contributed by atoms with Crippen LogP contribution in [-0.2, 0) is 0 Å². The molecule has 0 N–H and O–H groups in total. The standard InChI is InChI=1S/C9H16/c1-3-8-6-5-7-9(8)4-2/h3,8-9H,1,4-7H2,2H3/t8?,9-/m0/s1. The first-order chi connectivity index (χ1) is 4.38. The summed E-state index contributed by atoms with van der Waals surface area (Å²) >= 11 is 0. The van der Waals surface area contributed by atoms with E-state index in [1.807, 2.05) is 0 Å². The normalized spacial score (nSPS) is 34.8. The zero-order valence-electron chi connectivity index (χ0n) is 6.27. The molecule has 0 bridgehead atoms. The Kier molecular flexibility index (Phi) is 2.32. The van der Waals surface area contributed by atoms with Gasteiger partial charge in [-0.25, -0.2) is 0 Å². The van der Waals surface area contributed by atoms with E-state index in [-0.39, 0.29) is 0 Å². The molecule has 1 rings (SSSR count). The van der Waals surface area contributed by atoms with Crippen LogP contribution in [0.2, 0.25) is 0 Å². The SMILES string of the molecule is C=CC1CCC[C@@H]1CC. The van der Waals surface area contributed by atoms with Gasteiger partial charge in [0.1, 0.15) is 0 Å². The van der Waals surface area contributed by atoms with Crippen molar-refractivity contribution in [3.63, 3.8) is 0 Å². The van der Waals surface area contributed by atoms with Crippen molar-refractivity contribution < 1.29 is 0 Å². The molecule has 1 aliphatic rings. The fraction of sp³-hybridized carbons (Fsp3) is 0.778. The van der Waals surface area contributed by atoms with Gasteiger partial charge in [-0.05, 0) is 24.7 Å². The molecule has 1 saturated carbocycles. The number of allylic oxidation sites excluding steroid dienone is 1. The molecule has 1 aliphatic carbocycles. The average Bonchev–Trinajstić information content (AvgIpc) is 2.33. The average molecular weight is 124 g/mol. The highest BCUT2D eigenvalue weighted by molar-refractivity contribution is 4.88. The molecule has 0 amide bonds. The lowest BCUT2D eigenvalue weighted by atomic mass is 9.94. The minimum atomic E-state index is 0.843. The van der Waals surface area contributed by atoms with Gasteiger partial charge in [-0.2, -0.15) is 0 Å². The summed E-state index contributed by atoms with van der Waals surface area (Å²) in [5.41, 5.74) is 0. The Balaban J connectivity index is 2.41. The molecule has 52 valence electrons. The molecule has 1 unspecified atom stereocenters. The van der Waals surface area contributed by atoms with Gasteiger partial charge in [-0.15, -0.1) is 6.58 Å². The van der Waals surface area contributed by atoms with Gasteiger partial charge >= 0.3 is 0 Å². The number of hydrogen-bond donors (Lipinski definition) is 0. The maximum atomic E-state index is 3.84. The summed E-state index contributed by atoms with van der Waals surface area (Å²) in [6.45, 7) is 6.13. The molecular formula is C9H16. The molecule has 0 nitrogen and oxygen atoms in total. The van der Waals surface area contributed by atoms with Crippen LogP contribution in [0.1, 0.15) is 32.6 Å². The summed E-state index contributed by atoms with van der Waals surface area (Å²) in [5, 5.41) is 0. The van der Waals surface area contributed by atoms with Gasteiger partial charge in [-0.1, -0.05) is 25.8 Å². The van der Waals surface area contributed by atoms with Crippen LogP contribution >= 0.6 is 0 Å². The molecule has 0 saturated heterocycles. The molecule has 0 heteroatoms. The maximum absolute atomic E-state index is 3.84. The molecule has 0 aromatic rings. The quantitative estimate of drug-likeness (QED) is 0.496. The Morgan fingerprint density at radius 3 is 2.78 bits per heavy atom. The molecule has 2 atom stereocenters. The van der Waals surface area contributed by atoms with Crippen molar-refractivity contribution in [1.82, 2.24) is 0 Å². The third-order valence-corrected chi connectivity index (χ3v) is 2.54. The van der Waals surface area contributed by atoms with E-state index in [1.54, 1.807) is 0 Å². The highest BCUT2D eigenvalue weighted by atomic mass is 14.3. The Morgan fingerprint density at radius 1 is 1.56 bits per heavy atom. The fourth-order valence-corrected chi connectivity index (χ4v) is 1.88. The van der Waals surface area contributed by atoms with Gasteiger partial charge < -0.3 is 0 Å². The molecular weight excluding hydrogens is 108 g/mol. The summed E-state index contributed by atoms with van der Waals surface area (Å²) in [5.74, 6) is 1.80. The van der Waals surface area contributed by atoms with Gasteiger partial charge in [0.05, 0.1) is 0 Å². The second kappa shape index (κ2) is 3.05.